The molecule has 14 heavy (non-hydrogen) atoms. The highest BCUT2D eigenvalue weighted by Crippen LogP contribution is 2.34. The Bertz CT molecular complexity index is 374. The van der Waals surface area contributed by atoms with Gasteiger partial charge >= 0.3 is 0 Å². The van der Waals surface area contributed by atoms with Crippen molar-refractivity contribution in [2.45, 2.75) is 26.7 Å². The van der Waals surface area contributed by atoms with Crippen LogP contribution < -0.4 is 0 Å². The van der Waals surface area contributed by atoms with Gasteiger partial charge in [-0.05, 0) is 35.9 Å². The molecule has 0 atom stereocenters. The molecule has 0 radical (unpaired) electrons. The first-order valence-corrected chi connectivity index (χ1v) is 6.70. The number of thiophene rings is 2. The summed E-state index contributed by atoms with van der Waals surface area (Å²) in [5, 5.41) is 2.15. The maximum atomic E-state index is 2.36. The smallest absolute Gasteiger partial charge is 0.0448 e. The van der Waals surface area contributed by atoms with Crippen LogP contribution in [0.5, 0.6) is 0 Å². The zero-order valence-electron chi connectivity index (χ0n) is 8.54. The van der Waals surface area contributed by atoms with Crippen LogP contribution in [-0.2, 0) is 12.8 Å². The standard InChI is InChI=1S/C12H14S2/c1-3-9-8-12(14-10(9)4-2)11-6-5-7-13-11/h5-8H,3-4H2,1-2H3. The molecule has 0 saturated carbocycles. The second-order valence-corrected chi connectivity index (χ2v) is 5.33. The van der Waals surface area contributed by atoms with E-state index >= 15 is 0 Å². The summed E-state index contributed by atoms with van der Waals surface area (Å²) in [7, 11) is 0. The number of hydrogen-bond donors (Lipinski definition) is 0. The molecule has 2 heteroatoms. The van der Waals surface area contributed by atoms with Crippen LogP contribution in [0.4, 0.5) is 0 Å². The minimum atomic E-state index is 1.16. The summed E-state index contributed by atoms with van der Waals surface area (Å²) in [4.78, 5) is 4.40. The Balaban J connectivity index is 2.41. The van der Waals surface area contributed by atoms with E-state index in [9.17, 15) is 0 Å². The van der Waals surface area contributed by atoms with Crippen molar-refractivity contribution < 1.29 is 0 Å². The molecule has 2 heterocycles. The summed E-state index contributed by atoms with van der Waals surface area (Å²) >= 11 is 3.78. The van der Waals surface area contributed by atoms with E-state index in [1.807, 2.05) is 22.7 Å². The minimum absolute atomic E-state index is 1.16. The van der Waals surface area contributed by atoms with E-state index in [2.05, 4.69) is 37.4 Å². The predicted molar refractivity (Wildman–Crippen MR) is 66.4 cm³/mol. The predicted octanol–water partition coefficient (Wildman–Crippen LogP) is 4.60. The van der Waals surface area contributed by atoms with E-state index in [0.29, 0.717) is 0 Å². The zero-order valence-corrected chi connectivity index (χ0v) is 10.2. The monoisotopic (exact) mass is 222 g/mol. The van der Waals surface area contributed by atoms with Gasteiger partial charge in [0.2, 0.25) is 0 Å². The maximum Gasteiger partial charge on any atom is 0.0448 e. The third-order valence-electron chi connectivity index (χ3n) is 2.36. The van der Waals surface area contributed by atoms with Crippen molar-refractivity contribution in [3.05, 3.63) is 34.0 Å². The molecule has 2 rings (SSSR count). The minimum Gasteiger partial charge on any atom is -0.143 e. The average Bonchev–Trinajstić information content (AvgIpc) is 2.85. The lowest BCUT2D eigenvalue weighted by Crippen LogP contribution is -1.80. The fraction of sp³-hybridized carbons (Fsp3) is 0.333. The average molecular weight is 222 g/mol. The quantitative estimate of drug-likeness (QED) is 0.712. The Morgan fingerprint density at radius 3 is 2.50 bits per heavy atom. The van der Waals surface area contributed by atoms with Gasteiger partial charge in [-0.25, -0.2) is 0 Å². The molecule has 0 aliphatic heterocycles. The molecule has 0 aliphatic rings. The Morgan fingerprint density at radius 2 is 2.00 bits per heavy atom. The van der Waals surface area contributed by atoms with E-state index < -0.39 is 0 Å². The lowest BCUT2D eigenvalue weighted by atomic mass is 10.1. The van der Waals surface area contributed by atoms with Crippen molar-refractivity contribution in [1.29, 1.82) is 0 Å². The lowest BCUT2D eigenvalue weighted by molar-refractivity contribution is 1.07. The van der Waals surface area contributed by atoms with Gasteiger partial charge in [-0.1, -0.05) is 19.9 Å². The summed E-state index contributed by atoms with van der Waals surface area (Å²) in [6.07, 6.45) is 2.32. The third-order valence-corrected chi connectivity index (χ3v) is 4.75. The summed E-state index contributed by atoms with van der Waals surface area (Å²) in [6, 6.07) is 6.68. The topological polar surface area (TPSA) is 0 Å². The van der Waals surface area contributed by atoms with Gasteiger partial charge in [-0.3, -0.25) is 0 Å². The van der Waals surface area contributed by atoms with Gasteiger partial charge in [-0.2, -0.15) is 0 Å². The van der Waals surface area contributed by atoms with Crippen LogP contribution in [0.3, 0.4) is 0 Å². The molecule has 0 nitrogen and oxygen atoms in total. The molecule has 2 aromatic rings. The fourth-order valence-corrected chi connectivity index (χ4v) is 3.62. The maximum absolute atomic E-state index is 2.36. The molecule has 0 amide bonds. The van der Waals surface area contributed by atoms with Crippen molar-refractivity contribution in [3.8, 4) is 9.75 Å². The molecule has 0 bridgehead atoms. The van der Waals surface area contributed by atoms with Crippen molar-refractivity contribution >= 4 is 22.7 Å². The van der Waals surface area contributed by atoms with E-state index in [4.69, 9.17) is 0 Å². The van der Waals surface area contributed by atoms with Crippen LogP contribution in [0.25, 0.3) is 9.75 Å². The summed E-state index contributed by atoms with van der Waals surface area (Å²) in [6.45, 7) is 4.47. The van der Waals surface area contributed by atoms with Gasteiger partial charge in [0.15, 0.2) is 0 Å². The van der Waals surface area contributed by atoms with Crippen molar-refractivity contribution in [1.82, 2.24) is 0 Å². The molecular formula is C12H14S2. The Morgan fingerprint density at radius 1 is 1.14 bits per heavy atom. The highest BCUT2D eigenvalue weighted by atomic mass is 32.1. The Labute approximate surface area is 93.2 Å². The van der Waals surface area contributed by atoms with Crippen LogP contribution in [0.15, 0.2) is 23.6 Å². The normalized spacial score (nSPS) is 10.7. The molecule has 0 unspecified atom stereocenters. The summed E-state index contributed by atoms with van der Waals surface area (Å²) in [5.74, 6) is 0. The van der Waals surface area contributed by atoms with Gasteiger partial charge in [0.05, 0.1) is 0 Å². The van der Waals surface area contributed by atoms with Crippen molar-refractivity contribution in [3.63, 3.8) is 0 Å². The van der Waals surface area contributed by atoms with Gasteiger partial charge in [0.25, 0.3) is 0 Å². The molecular weight excluding hydrogens is 208 g/mol. The van der Waals surface area contributed by atoms with Gasteiger partial charge in [-0.15, -0.1) is 22.7 Å². The molecule has 0 N–H and O–H groups in total. The van der Waals surface area contributed by atoms with Crippen molar-refractivity contribution in [2.75, 3.05) is 0 Å². The largest absolute Gasteiger partial charge is 0.143 e. The zero-order chi connectivity index (χ0) is 9.97. The Hall–Kier alpha value is -0.600. The first kappa shape index (κ1) is 9.94. The second-order valence-electron chi connectivity index (χ2n) is 3.24. The summed E-state index contributed by atoms with van der Waals surface area (Å²) in [5.41, 5.74) is 1.53. The number of hydrogen-bond acceptors (Lipinski definition) is 2. The highest BCUT2D eigenvalue weighted by molar-refractivity contribution is 7.21. The van der Waals surface area contributed by atoms with E-state index in [0.717, 1.165) is 6.42 Å². The summed E-state index contributed by atoms with van der Waals surface area (Å²) < 4.78 is 0. The van der Waals surface area contributed by atoms with Gasteiger partial charge in [0.1, 0.15) is 0 Å². The van der Waals surface area contributed by atoms with Crippen LogP contribution in [0.1, 0.15) is 24.3 Å². The first-order valence-electron chi connectivity index (χ1n) is 5.00. The van der Waals surface area contributed by atoms with Gasteiger partial charge < -0.3 is 0 Å². The first-order chi connectivity index (χ1) is 6.85. The molecule has 2 aromatic heterocycles. The number of aryl methyl sites for hydroxylation is 2. The SMILES string of the molecule is CCc1cc(-c2cccs2)sc1CC. The molecule has 0 saturated heterocycles. The Kier molecular flexibility index (Phi) is 3.04. The molecule has 0 spiro atoms. The van der Waals surface area contributed by atoms with E-state index in [1.54, 1.807) is 4.88 Å². The van der Waals surface area contributed by atoms with Crippen LogP contribution in [-0.4, -0.2) is 0 Å². The second kappa shape index (κ2) is 4.28. The molecule has 74 valence electrons. The molecule has 0 aromatic carbocycles. The number of rotatable bonds is 3. The highest BCUT2D eigenvalue weighted by Gasteiger charge is 2.07. The lowest BCUT2D eigenvalue weighted by Gasteiger charge is -1.92. The van der Waals surface area contributed by atoms with E-state index in [-0.39, 0.29) is 0 Å². The fourth-order valence-electron chi connectivity index (χ4n) is 1.61. The van der Waals surface area contributed by atoms with Crippen LogP contribution >= 0.6 is 22.7 Å². The molecule has 0 aliphatic carbocycles. The van der Waals surface area contributed by atoms with Gasteiger partial charge in [0, 0.05) is 14.6 Å². The third kappa shape index (κ3) is 1.77. The molecule has 0 fully saturated rings. The van der Waals surface area contributed by atoms with E-state index in [1.165, 1.54) is 21.7 Å². The van der Waals surface area contributed by atoms with Crippen molar-refractivity contribution in [2.24, 2.45) is 0 Å². The van der Waals surface area contributed by atoms with Crippen LogP contribution in [0, 0.1) is 0 Å². The van der Waals surface area contributed by atoms with Crippen LogP contribution in [0.2, 0.25) is 0 Å².